The van der Waals surface area contributed by atoms with Crippen LogP contribution in [0.25, 0.3) is 0 Å². The van der Waals surface area contributed by atoms with Crippen molar-refractivity contribution in [1.82, 2.24) is 15.1 Å². The monoisotopic (exact) mass is 477 g/mol. The Labute approximate surface area is 201 Å². The second-order valence-electron chi connectivity index (χ2n) is 11.3. The van der Waals surface area contributed by atoms with Gasteiger partial charge in [0.2, 0.25) is 11.8 Å². The highest BCUT2D eigenvalue weighted by molar-refractivity contribution is 5.89. The van der Waals surface area contributed by atoms with E-state index in [0.29, 0.717) is 13.0 Å². The van der Waals surface area contributed by atoms with E-state index in [1.165, 1.54) is 7.11 Å². The third kappa shape index (κ3) is 5.18. The van der Waals surface area contributed by atoms with Crippen molar-refractivity contribution in [1.29, 1.82) is 0 Å². The molecule has 2 aliphatic carbocycles. The fourth-order valence-corrected chi connectivity index (χ4v) is 5.98. The molecule has 3 amide bonds. The molecule has 0 aromatic rings. The van der Waals surface area contributed by atoms with E-state index < -0.39 is 35.7 Å². The first kappa shape index (κ1) is 24.8. The molecule has 1 N–H and O–H groups in total. The summed E-state index contributed by atoms with van der Waals surface area (Å²) in [5, 5.41) is 2.87. The summed E-state index contributed by atoms with van der Waals surface area (Å²) < 4.78 is 10.5. The van der Waals surface area contributed by atoms with Crippen molar-refractivity contribution in [3.8, 4) is 0 Å². The first-order chi connectivity index (χ1) is 16.1. The molecule has 0 bridgehead atoms. The summed E-state index contributed by atoms with van der Waals surface area (Å²) in [4.78, 5) is 55.8. The van der Waals surface area contributed by atoms with Crippen LogP contribution in [0.15, 0.2) is 0 Å². The smallest absolute Gasteiger partial charge is 0.408 e. The molecule has 4 aliphatic rings. The van der Waals surface area contributed by atoms with E-state index in [0.717, 1.165) is 44.9 Å². The lowest BCUT2D eigenvalue weighted by Gasteiger charge is -2.36. The zero-order chi connectivity index (χ0) is 24.6. The molecule has 2 heterocycles. The maximum atomic E-state index is 14.0. The molecule has 2 saturated heterocycles. The number of likely N-dealkylation sites (tertiary alicyclic amines) is 2. The zero-order valence-electron chi connectivity index (χ0n) is 20.9. The predicted molar refractivity (Wildman–Crippen MR) is 124 cm³/mol. The van der Waals surface area contributed by atoms with E-state index in [1.807, 2.05) is 4.90 Å². The Bertz CT molecular complexity index is 814. The number of fused-ring (bicyclic) bond motifs is 1. The lowest BCUT2D eigenvalue weighted by Crippen LogP contribution is -2.56. The van der Waals surface area contributed by atoms with Gasteiger partial charge < -0.3 is 24.6 Å². The maximum absolute atomic E-state index is 14.0. The number of rotatable bonds is 5. The van der Waals surface area contributed by atoms with E-state index in [9.17, 15) is 19.2 Å². The van der Waals surface area contributed by atoms with Gasteiger partial charge in [-0.15, -0.1) is 0 Å². The van der Waals surface area contributed by atoms with Gasteiger partial charge in [0, 0.05) is 19.0 Å². The number of carbonyl (C=O) groups is 4. The molecule has 0 spiro atoms. The molecule has 1 unspecified atom stereocenters. The van der Waals surface area contributed by atoms with Gasteiger partial charge >= 0.3 is 12.1 Å². The Morgan fingerprint density at radius 3 is 2.21 bits per heavy atom. The molecule has 4 atom stereocenters. The Kier molecular flexibility index (Phi) is 7.10. The van der Waals surface area contributed by atoms with Gasteiger partial charge in [0.15, 0.2) is 0 Å². The molecule has 4 fully saturated rings. The van der Waals surface area contributed by atoms with Crippen molar-refractivity contribution >= 4 is 23.9 Å². The van der Waals surface area contributed by atoms with Crippen molar-refractivity contribution < 1.29 is 28.7 Å². The van der Waals surface area contributed by atoms with Gasteiger partial charge in [0.1, 0.15) is 11.6 Å². The van der Waals surface area contributed by atoms with Crippen LogP contribution in [0.2, 0.25) is 0 Å². The SMILES string of the molecule is COC(=O)[C@H]1CN(C(=O)C2CC2)[C@@H]2CCN(C(=O)[C@@H](NC(=O)OC(C)(C)C)C3CCCCC3)C12. The summed E-state index contributed by atoms with van der Waals surface area (Å²) in [6.45, 7) is 6.12. The summed E-state index contributed by atoms with van der Waals surface area (Å²) >= 11 is 0. The average Bonchev–Trinajstić information content (AvgIpc) is 3.45. The summed E-state index contributed by atoms with van der Waals surface area (Å²) in [6, 6.07) is -1.32. The van der Waals surface area contributed by atoms with Crippen LogP contribution in [-0.4, -0.2) is 77.6 Å². The fraction of sp³-hybridized carbons (Fsp3) is 0.840. The number of nitrogens with zero attached hydrogens (tertiary/aromatic N) is 2. The highest BCUT2D eigenvalue weighted by Crippen LogP contribution is 2.41. The summed E-state index contributed by atoms with van der Waals surface area (Å²) in [5.74, 6) is -0.986. The van der Waals surface area contributed by atoms with Gasteiger partial charge in [-0.3, -0.25) is 14.4 Å². The number of esters is 1. The van der Waals surface area contributed by atoms with E-state index in [-0.39, 0.29) is 36.2 Å². The highest BCUT2D eigenvalue weighted by Gasteiger charge is 2.56. The minimum Gasteiger partial charge on any atom is -0.469 e. The minimum absolute atomic E-state index is 0.0231. The van der Waals surface area contributed by atoms with Crippen LogP contribution < -0.4 is 5.32 Å². The molecule has 0 aromatic carbocycles. The van der Waals surface area contributed by atoms with Crippen molar-refractivity contribution in [2.24, 2.45) is 17.8 Å². The Morgan fingerprint density at radius 1 is 0.941 bits per heavy atom. The second-order valence-corrected chi connectivity index (χ2v) is 11.3. The summed E-state index contributed by atoms with van der Waals surface area (Å²) in [7, 11) is 1.35. The van der Waals surface area contributed by atoms with Crippen molar-refractivity contribution in [2.45, 2.75) is 95.9 Å². The Hall–Kier alpha value is -2.32. The quantitative estimate of drug-likeness (QED) is 0.610. The number of methoxy groups -OCH3 is 1. The third-order valence-electron chi connectivity index (χ3n) is 7.68. The van der Waals surface area contributed by atoms with E-state index in [4.69, 9.17) is 9.47 Å². The minimum atomic E-state index is -0.708. The van der Waals surface area contributed by atoms with Crippen LogP contribution in [0.5, 0.6) is 0 Å². The number of ether oxygens (including phenoxy) is 2. The molecule has 190 valence electrons. The number of carbonyl (C=O) groups excluding carboxylic acids is 4. The van der Waals surface area contributed by atoms with E-state index in [2.05, 4.69) is 5.32 Å². The van der Waals surface area contributed by atoms with Gasteiger partial charge in [-0.05, 0) is 58.8 Å². The molecule has 34 heavy (non-hydrogen) atoms. The molecule has 4 rings (SSSR count). The van der Waals surface area contributed by atoms with Crippen molar-refractivity contribution in [2.75, 3.05) is 20.2 Å². The van der Waals surface area contributed by atoms with Gasteiger partial charge in [0.25, 0.3) is 0 Å². The van der Waals surface area contributed by atoms with Crippen molar-refractivity contribution in [3.05, 3.63) is 0 Å². The number of nitrogens with one attached hydrogen (secondary N) is 1. The lowest BCUT2D eigenvalue weighted by molar-refractivity contribution is -0.148. The van der Waals surface area contributed by atoms with Crippen LogP contribution in [0.1, 0.15) is 72.1 Å². The molecule has 0 aromatic heterocycles. The number of hydrogen-bond donors (Lipinski definition) is 1. The second kappa shape index (κ2) is 9.74. The van der Waals surface area contributed by atoms with Gasteiger partial charge in [-0.2, -0.15) is 0 Å². The molecule has 9 heteroatoms. The predicted octanol–water partition coefficient (Wildman–Crippen LogP) is 2.47. The van der Waals surface area contributed by atoms with Gasteiger partial charge in [-0.1, -0.05) is 19.3 Å². The average molecular weight is 478 g/mol. The molecule has 9 nitrogen and oxygen atoms in total. The number of hydrogen-bond acceptors (Lipinski definition) is 6. The van der Waals surface area contributed by atoms with E-state index in [1.54, 1.807) is 25.7 Å². The van der Waals surface area contributed by atoms with Gasteiger partial charge in [-0.25, -0.2) is 4.79 Å². The lowest BCUT2D eigenvalue weighted by atomic mass is 9.83. The van der Waals surface area contributed by atoms with Crippen LogP contribution in [0.4, 0.5) is 4.79 Å². The molecule has 0 radical (unpaired) electrons. The Morgan fingerprint density at radius 2 is 1.62 bits per heavy atom. The third-order valence-corrected chi connectivity index (χ3v) is 7.68. The Balaban J connectivity index is 1.56. The van der Waals surface area contributed by atoms with Crippen molar-refractivity contribution in [3.63, 3.8) is 0 Å². The fourth-order valence-electron chi connectivity index (χ4n) is 5.98. The van der Waals surface area contributed by atoms with Crippen LogP contribution in [-0.2, 0) is 23.9 Å². The normalized spacial score (nSPS) is 28.3. The van der Waals surface area contributed by atoms with Crippen LogP contribution in [0.3, 0.4) is 0 Å². The van der Waals surface area contributed by atoms with Gasteiger partial charge in [0.05, 0.1) is 25.1 Å². The first-order valence-electron chi connectivity index (χ1n) is 12.8. The zero-order valence-corrected chi connectivity index (χ0v) is 20.9. The highest BCUT2D eigenvalue weighted by atomic mass is 16.6. The van der Waals surface area contributed by atoms with Crippen LogP contribution >= 0.6 is 0 Å². The topological polar surface area (TPSA) is 105 Å². The maximum Gasteiger partial charge on any atom is 0.408 e. The largest absolute Gasteiger partial charge is 0.469 e. The molecular formula is C25H39N3O6. The number of amides is 3. The molecule has 2 aliphatic heterocycles. The molecule has 2 saturated carbocycles. The molecular weight excluding hydrogens is 438 g/mol. The standard InChI is InChI=1S/C25H39N3O6/c1-25(2,3)34-24(32)26-19(15-8-6-5-7-9-15)22(30)27-13-12-18-20(27)17(23(31)33-4)14-28(18)21(29)16-10-11-16/h15-20H,5-14H2,1-4H3,(H,26,32)/t17-,18+,19-,20?/m0/s1. The van der Waals surface area contributed by atoms with E-state index >= 15 is 0 Å². The van der Waals surface area contributed by atoms with Crippen LogP contribution in [0, 0.1) is 17.8 Å². The number of alkyl carbamates (subject to hydrolysis) is 1. The first-order valence-corrected chi connectivity index (χ1v) is 12.8. The summed E-state index contributed by atoms with van der Waals surface area (Å²) in [5.41, 5.74) is -0.673. The summed E-state index contributed by atoms with van der Waals surface area (Å²) in [6.07, 6.45) is 6.70.